The van der Waals surface area contributed by atoms with E-state index in [2.05, 4.69) is 10.2 Å². The molecule has 22 heavy (non-hydrogen) atoms. The van der Waals surface area contributed by atoms with Gasteiger partial charge in [0.25, 0.3) is 5.91 Å². The average Bonchev–Trinajstić information content (AvgIpc) is 2.59. The zero-order chi connectivity index (χ0) is 15.6. The SMILES string of the molecule is O=C(NCCCOCCO)c1ccc(N2CCCCC2)cc1. The summed E-state index contributed by atoms with van der Waals surface area (Å²) in [6, 6.07) is 7.85. The Morgan fingerprint density at radius 2 is 1.86 bits per heavy atom. The monoisotopic (exact) mass is 306 g/mol. The molecule has 1 aliphatic heterocycles. The summed E-state index contributed by atoms with van der Waals surface area (Å²) in [6.45, 7) is 3.74. The van der Waals surface area contributed by atoms with Gasteiger partial charge in [-0.15, -0.1) is 0 Å². The summed E-state index contributed by atoms with van der Waals surface area (Å²) < 4.78 is 5.15. The largest absolute Gasteiger partial charge is 0.394 e. The maximum Gasteiger partial charge on any atom is 0.251 e. The number of hydrogen-bond donors (Lipinski definition) is 2. The second-order valence-electron chi connectivity index (χ2n) is 5.54. The molecule has 5 heteroatoms. The summed E-state index contributed by atoms with van der Waals surface area (Å²) in [5, 5.41) is 11.5. The van der Waals surface area contributed by atoms with E-state index in [1.165, 1.54) is 24.9 Å². The van der Waals surface area contributed by atoms with E-state index in [9.17, 15) is 4.79 Å². The summed E-state index contributed by atoms with van der Waals surface area (Å²) in [5.74, 6) is -0.0487. The van der Waals surface area contributed by atoms with Gasteiger partial charge in [0, 0.05) is 37.5 Å². The van der Waals surface area contributed by atoms with Gasteiger partial charge in [-0.05, 0) is 49.9 Å². The highest BCUT2D eigenvalue weighted by Gasteiger charge is 2.11. The van der Waals surface area contributed by atoms with E-state index < -0.39 is 0 Å². The fourth-order valence-electron chi connectivity index (χ4n) is 2.62. The van der Waals surface area contributed by atoms with Crippen molar-refractivity contribution in [2.45, 2.75) is 25.7 Å². The van der Waals surface area contributed by atoms with Crippen molar-refractivity contribution in [2.75, 3.05) is 44.4 Å². The molecule has 1 amide bonds. The van der Waals surface area contributed by atoms with Crippen molar-refractivity contribution >= 4 is 11.6 Å². The first-order chi connectivity index (χ1) is 10.8. The molecule has 0 bridgehead atoms. The number of rotatable bonds is 8. The Morgan fingerprint density at radius 1 is 1.14 bits per heavy atom. The summed E-state index contributed by atoms with van der Waals surface area (Å²) in [4.78, 5) is 14.4. The van der Waals surface area contributed by atoms with Crippen LogP contribution in [-0.4, -0.2) is 50.5 Å². The average molecular weight is 306 g/mol. The number of anilines is 1. The molecule has 2 N–H and O–H groups in total. The lowest BCUT2D eigenvalue weighted by Crippen LogP contribution is -2.29. The standard InChI is InChI=1S/C17H26N2O3/c20-12-14-22-13-4-9-18-17(21)15-5-7-16(8-6-15)19-10-2-1-3-11-19/h5-8,20H,1-4,9-14H2,(H,18,21). The lowest BCUT2D eigenvalue weighted by molar-refractivity contribution is 0.0867. The Morgan fingerprint density at radius 3 is 2.55 bits per heavy atom. The number of ether oxygens (including phenoxy) is 1. The van der Waals surface area contributed by atoms with Crippen LogP contribution in [0.5, 0.6) is 0 Å². The highest BCUT2D eigenvalue weighted by atomic mass is 16.5. The first kappa shape index (κ1) is 16.8. The van der Waals surface area contributed by atoms with Gasteiger partial charge in [-0.25, -0.2) is 0 Å². The van der Waals surface area contributed by atoms with Gasteiger partial charge >= 0.3 is 0 Å². The highest BCUT2D eigenvalue weighted by Crippen LogP contribution is 2.20. The van der Waals surface area contributed by atoms with Gasteiger partial charge in [0.1, 0.15) is 0 Å². The van der Waals surface area contributed by atoms with E-state index in [0.717, 1.165) is 19.5 Å². The third-order valence-electron chi connectivity index (χ3n) is 3.84. The van der Waals surface area contributed by atoms with E-state index in [1.807, 2.05) is 24.3 Å². The number of nitrogens with zero attached hydrogens (tertiary/aromatic N) is 1. The van der Waals surface area contributed by atoms with Gasteiger partial charge in [0.05, 0.1) is 13.2 Å². The first-order valence-corrected chi connectivity index (χ1v) is 8.13. The van der Waals surface area contributed by atoms with Gasteiger partial charge < -0.3 is 20.1 Å². The number of amides is 1. The second-order valence-corrected chi connectivity index (χ2v) is 5.54. The van der Waals surface area contributed by atoms with Gasteiger partial charge in [0.2, 0.25) is 0 Å². The van der Waals surface area contributed by atoms with Crippen LogP contribution >= 0.6 is 0 Å². The van der Waals surface area contributed by atoms with Gasteiger partial charge in [0.15, 0.2) is 0 Å². The Balaban J connectivity index is 1.73. The van der Waals surface area contributed by atoms with Crippen molar-refractivity contribution in [3.63, 3.8) is 0 Å². The van der Waals surface area contributed by atoms with Gasteiger partial charge in [-0.3, -0.25) is 4.79 Å². The van der Waals surface area contributed by atoms with Crippen LogP contribution in [0.1, 0.15) is 36.0 Å². The zero-order valence-electron chi connectivity index (χ0n) is 13.1. The van der Waals surface area contributed by atoms with Crippen molar-refractivity contribution in [1.29, 1.82) is 0 Å². The second kappa shape index (κ2) is 9.43. The van der Waals surface area contributed by atoms with E-state index >= 15 is 0 Å². The summed E-state index contributed by atoms with van der Waals surface area (Å²) >= 11 is 0. The molecular weight excluding hydrogens is 280 g/mol. The molecule has 0 aliphatic carbocycles. The van der Waals surface area contributed by atoms with Crippen LogP contribution in [0.3, 0.4) is 0 Å². The molecule has 1 aliphatic rings. The van der Waals surface area contributed by atoms with Crippen LogP contribution in [0, 0.1) is 0 Å². The molecule has 0 atom stereocenters. The Bertz CT molecular complexity index is 442. The fraction of sp³-hybridized carbons (Fsp3) is 0.588. The molecule has 0 spiro atoms. The summed E-state index contributed by atoms with van der Waals surface area (Å²) in [5.41, 5.74) is 1.89. The molecule has 1 aromatic carbocycles. The minimum Gasteiger partial charge on any atom is -0.394 e. The van der Waals surface area contributed by atoms with Crippen LogP contribution < -0.4 is 10.2 Å². The highest BCUT2D eigenvalue weighted by molar-refractivity contribution is 5.94. The maximum absolute atomic E-state index is 12.0. The Kier molecular flexibility index (Phi) is 7.19. The number of piperidine rings is 1. The van der Waals surface area contributed by atoms with Crippen molar-refractivity contribution in [1.82, 2.24) is 5.32 Å². The molecule has 1 aromatic rings. The van der Waals surface area contributed by atoms with E-state index in [4.69, 9.17) is 9.84 Å². The van der Waals surface area contributed by atoms with E-state index in [1.54, 1.807) is 0 Å². The molecule has 0 aromatic heterocycles. The van der Waals surface area contributed by atoms with Crippen LogP contribution in [0.2, 0.25) is 0 Å². The molecule has 0 unspecified atom stereocenters. The maximum atomic E-state index is 12.0. The van der Waals surface area contributed by atoms with Crippen molar-refractivity contribution < 1.29 is 14.6 Å². The molecule has 5 nitrogen and oxygen atoms in total. The quantitative estimate of drug-likeness (QED) is 0.719. The Hall–Kier alpha value is -1.59. The van der Waals surface area contributed by atoms with Gasteiger partial charge in [-0.2, -0.15) is 0 Å². The molecule has 1 heterocycles. The zero-order valence-corrected chi connectivity index (χ0v) is 13.1. The van der Waals surface area contributed by atoms with Crippen LogP contribution in [0.15, 0.2) is 24.3 Å². The number of hydrogen-bond acceptors (Lipinski definition) is 4. The van der Waals surface area contributed by atoms with Crippen LogP contribution in [0.4, 0.5) is 5.69 Å². The van der Waals surface area contributed by atoms with Crippen molar-refractivity contribution in [2.24, 2.45) is 0 Å². The number of aliphatic hydroxyl groups is 1. The van der Waals surface area contributed by atoms with Gasteiger partial charge in [-0.1, -0.05) is 0 Å². The Labute approximate surface area is 132 Å². The van der Waals surface area contributed by atoms with E-state index in [0.29, 0.717) is 25.3 Å². The number of carbonyl (C=O) groups is 1. The minimum atomic E-state index is -0.0487. The lowest BCUT2D eigenvalue weighted by Gasteiger charge is -2.28. The van der Waals surface area contributed by atoms with E-state index in [-0.39, 0.29) is 12.5 Å². The third kappa shape index (κ3) is 5.31. The lowest BCUT2D eigenvalue weighted by atomic mass is 10.1. The van der Waals surface area contributed by atoms with Crippen LogP contribution in [0.25, 0.3) is 0 Å². The molecular formula is C17H26N2O3. The minimum absolute atomic E-state index is 0.0374. The number of aliphatic hydroxyl groups excluding tert-OH is 1. The summed E-state index contributed by atoms with van der Waals surface area (Å²) in [6.07, 6.45) is 4.57. The molecule has 2 rings (SSSR count). The molecule has 0 radical (unpaired) electrons. The third-order valence-corrected chi connectivity index (χ3v) is 3.84. The number of nitrogens with one attached hydrogen (secondary N) is 1. The fourth-order valence-corrected chi connectivity index (χ4v) is 2.62. The van der Waals surface area contributed by atoms with Crippen LogP contribution in [-0.2, 0) is 4.74 Å². The smallest absolute Gasteiger partial charge is 0.251 e. The molecule has 0 saturated carbocycles. The van der Waals surface area contributed by atoms with Crippen molar-refractivity contribution in [3.05, 3.63) is 29.8 Å². The predicted molar refractivity (Wildman–Crippen MR) is 87.4 cm³/mol. The summed E-state index contributed by atoms with van der Waals surface area (Å²) in [7, 11) is 0. The normalized spacial score (nSPS) is 14.9. The number of carbonyl (C=O) groups excluding carboxylic acids is 1. The molecule has 122 valence electrons. The molecule has 1 fully saturated rings. The predicted octanol–water partition coefficient (Wildman–Crippen LogP) is 1.81. The first-order valence-electron chi connectivity index (χ1n) is 8.13. The molecule has 1 saturated heterocycles. The number of benzene rings is 1. The van der Waals surface area contributed by atoms with Crippen molar-refractivity contribution in [3.8, 4) is 0 Å². The topological polar surface area (TPSA) is 61.8 Å².